The van der Waals surface area contributed by atoms with Gasteiger partial charge < -0.3 is 9.64 Å². The summed E-state index contributed by atoms with van der Waals surface area (Å²) in [5.74, 6) is 0.122. The zero-order chi connectivity index (χ0) is 17.9. The number of piperidine rings is 1. The minimum atomic E-state index is -2.96. The molecular weight excluding hydrogens is 345 g/mol. The first-order chi connectivity index (χ1) is 11.9. The highest BCUT2D eigenvalue weighted by atomic mass is 32.2. The molecule has 138 valence electrons. The number of sulfone groups is 1. The van der Waals surface area contributed by atoms with Crippen LogP contribution in [0.2, 0.25) is 0 Å². The topological polar surface area (TPSA) is 63.7 Å². The lowest BCUT2D eigenvalue weighted by atomic mass is 9.95. The van der Waals surface area contributed by atoms with Crippen LogP contribution >= 0.6 is 0 Å². The Kier molecular flexibility index (Phi) is 5.61. The SMILES string of the molecule is O=C(C1CCS(=O)(=O)CC1)N1CCC[C@H](COc2ccccc2F)C1. The number of nitrogens with zero attached hydrogens (tertiary/aromatic N) is 1. The molecule has 2 heterocycles. The van der Waals surface area contributed by atoms with E-state index in [1.54, 1.807) is 18.2 Å². The quantitative estimate of drug-likeness (QED) is 0.817. The number of halogens is 1. The van der Waals surface area contributed by atoms with Crippen molar-refractivity contribution < 1.29 is 22.3 Å². The standard InChI is InChI=1S/C18H24FNO4S/c19-16-5-1-2-6-17(16)24-13-14-4-3-9-20(12-14)18(21)15-7-10-25(22,23)11-8-15/h1-2,5-6,14-15H,3-4,7-13H2/t14-/m0/s1. The zero-order valence-corrected chi connectivity index (χ0v) is 15.0. The number of ether oxygens (including phenoxy) is 1. The van der Waals surface area contributed by atoms with Crippen molar-refractivity contribution >= 4 is 15.7 Å². The number of carbonyl (C=O) groups is 1. The van der Waals surface area contributed by atoms with Crippen molar-refractivity contribution in [1.29, 1.82) is 0 Å². The molecule has 1 aromatic rings. The van der Waals surface area contributed by atoms with Gasteiger partial charge in [0.05, 0.1) is 18.1 Å². The van der Waals surface area contributed by atoms with Gasteiger partial charge in [0.25, 0.3) is 0 Å². The van der Waals surface area contributed by atoms with Crippen molar-refractivity contribution in [3.63, 3.8) is 0 Å². The number of amides is 1. The van der Waals surface area contributed by atoms with Gasteiger partial charge in [-0.3, -0.25) is 4.79 Å². The second-order valence-electron chi connectivity index (χ2n) is 6.96. The summed E-state index contributed by atoms with van der Waals surface area (Å²) >= 11 is 0. The molecule has 2 fully saturated rings. The molecule has 0 spiro atoms. The average molecular weight is 369 g/mol. The van der Waals surface area contributed by atoms with E-state index in [0.717, 1.165) is 12.8 Å². The van der Waals surface area contributed by atoms with E-state index in [1.807, 2.05) is 4.90 Å². The van der Waals surface area contributed by atoms with Gasteiger partial charge in [-0.1, -0.05) is 12.1 Å². The second kappa shape index (κ2) is 7.72. The van der Waals surface area contributed by atoms with Crippen LogP contribution in [0.5, 0.6) is 5.75 Å². The molecule has 0 unspecified atom stereocenters. The van der Waals surface area contributed by atoms with E-state index in [1.165, 1.54) is 6.07 Å². The van der Waals surface area contributed by atoms with Crippen molar-refractivity contribution in [2.24, 2.45) is 11.8 Å². The molecule has 1 atom stereocenters. The highest BCUT2D eigenvalue weighted by molar-refractivity contribution is 7.91. The third-order valence-corrected chi connectivity index (χ3v) is 6.76. The number of hydrogen-bond acceptors (Lipinski definition) is 4. The van der Waals surface area contributed by atoms with Gasteiger partial charge >= 0.3 is 0 Å². The number of rotatable bonds is 4. The van der Waals surface area contributed by atoms with E-state index in [-0.39, 0.29) is 40.8 Å². The molecule has 1 aromatic carbocycles. The van der Waals surface area contributed by atoms with Crippen molar-refractivity contribution in [3.8, 4) is 5.75 Å². The van der Waals surface area contributed by atoms with Crippen LogP contribution in [0.3, 0.4) is 0 Å². The Morgan fingerprint density at radius 2 is 1.92 bits per heavy atom. The third-order valence-electron chi connectivity index (χ3n) is 5.05. The van der Waals surface area contributed by atoms with Crippen molar-refractivity contribution in [3.05, 3.63) is 30.1 Å². The lowest BCUT2D eigenvalue weighted by Crippen LogP contribution is -2.45. The summed E-state index contributed by atoms with van der Waals surface area (Å²) in [7, 11) is -2.96. The molecule has 0 N–H and O–H groups in total. The van der Waals surface area contributed by atoms with Crippen LogP contribution in [-0.2, 0) is 14.6 Å². The maximum absolute atomic E-state index is 13.6. The molecule has 2 aliphatic heterocycles. The van der Waals surface area contributed by atoms with E-state index < -0.39 is 9.84 Å². The normalized spacial score (nSPS) is 24.0. The fraction of sp³-hybridized carbons (Fsp3) is 0.611. The number of hydrogen-bond donors (Lipinski definition) is 0. The molecule has 0 aromatic heterocycles. The first-order valence-electron chi connectivity index (χ1n) is 8.81. The van der Waals surface area contributed by atoms with Crippen molar-refractivity contribution in [2.75, 3.05) is 31.2 Å². The largest absolute Gasteiger partial charge is 0.490 e. The molecule has 3 rings (SSSR count). The molecule has 0 saturated carbocycles. The van der Waals surface area contributed by atoms with Gasteiger partial charge in [0.1, 0.15) is 9.84 Å². The van der Waals surface area contributed by atoms with Gasteiger partial charge in [-0.05, 0) is 37.8 Å². The molecule has 0 bridgehead atoms. The summed E-state index contributed by atoms with van der Waals surface area (Å²) in [5.41, 5.74) is 0. The first kappa shape index (κ1) is 18.2. The lowest BCUT2D eigenvalue weighted by molar-refractivity contribution is -0.137. The number of likely N-dealkylation sites (tertiary alicyclic amines) is 1. The summed E-state index contributed by atoms with van der Waals surface area (Å²) in [5, 5.41) is 0. The Morgan fingerprint density at radius 1 is 1.20 bits per heavy atom. The summed E-state index contributed by atoms with van der Waals surface area (Å²) in [6, 6.07) is 6.31. The minimum Gasteiger partial charge on any atom is -0.490 e. The molecular formula is C18H24FNO4S. The van der Waals surface area contributed by atoms with Crippen molar-refractivity contribution in [2.45, 2.75) is 25.7 Å². The lowest BCUT2D eigenvalue weighted by Gasteiger charge is -2.35. The summed E-state index contributed by atoms with van der Waals surface area (Å²) in [6.45, 7) is 1.68. The van der Waals surface area contributed by atoms with E-state index in [0.29, 0.717) is 32.5 Å². The highest BCUT2D eigenvalue weighted by Crippen LogP contribution is 2.25. The minimum absolute atomic E-state index is 0.0606. The van der Waals surface area contributed by atoms with Gasteiger partial charge in [-0.25, -0.2) is 12.8 Å². The number of carbonyl (C=O) groups excluding carboxylic acids is 1. The molecule has 1 amide bonds. The van der Waals surface area contributed by atoms with Crippen LogP contribution in [0.15, 0.2) is 24.3 Å². The van der Waals surface area contributed by atoms with Crippen molar-refractivity contribution in [1.82, 2.24) is 4.90 Å². The number of benzene rings is 1. The monoisotopic (exact) mass is 369 g/mol. The van der Waals surface area contributed by atoms with E-state index in [4.69, 9.17) is 4.74 Å². The van der Waals surface area contributed by atoms with E-state index in [9.17, 15) is 17.6 Å². The fourth-order valence-electron chi connectivity index (χ4n) is 3.57. The van der Waals surface area contributed by atoms with Crippen LogP contribution in [0.25, 0.3) is 0 Å². The summed E-state index contributed by atoms with van der Waals surface area (Å²) in [4.78, 5) is 14.5. The van der Waals surface area contributed by atoms with Gasteiger partial charge in [0, 0.05) is 24.9 Å². The third kappa shape index (κ3) is 4.71. The summed E-state index contributed by atoms with van der Waals surface area (Å²) in [6.07, 6.45) is 2.68. The molecule has 0 aliphatic carbocycles. The Hall–Kier alpha value is -1.63. The van der Waals surface area contributed by atoms with E-state index >= 15 is 0 Å². The first-order valence-corrected chi connectivity index (χ1v) is 10.6. The Bertz CT molecular complexity index is 708. The maximum Gasteiger partial charge on any atom is 0.225 e. The van der Waals surface area contributed by atoms with Crippen LogP contribution < -0.4 is 4.74 Å². The van der Waals surface area contributed by atoms with Crippen LogP contribution in [0.4, 0.5) is 4.39 Å². The molecule has 0 radical (unpaired) electrons. The van der Waals surface area contributed by atoms with Gasteiger partial charge in [-0.2, -0.15) is 0 Å². The smallest absolute Gasteiger partial charge is 0.225 e. The molecule has 2 aliphatic rings. The maximum atomic E-state index is 13.6. The molecule has 7 heteroatoms. The molecule has 2 saturated heterocycles. The Balaban J connectivity index is 1.52. The van der Waals surface area contributed by atoms with Gasteiger partial charge in [-0.15, -0.1) is 0 Å². The molecule has 5 nitrogen and oxygen atoms in total. The number of para-hydroxylation sites is 1. The zero-order valence-electron chi connectivity index (χ0n) is 14.2. The Labute approximate surface area is 148 Å². The predicted octanol–water partition coefficient (Wildman–Crippen LogP) is 2.27. The average Bonchev–Trinajstić information content (AvgIpc) is 2.61. The fourth-order valence-corrected chi connectivity index (χ4v) is 5.06. The van der Waals surface area contributed by atoms with Gasteiger partial charge in [0.2, 0.25) is 5.91 Å². The van der Waals surface area contributed by atoms with Crippen LogP contribution in [0.1, 0.15) is 25.7 Å². The Morgan fingerprint density at radius 3 is 2.64 bits per heavy atom. The van der Waals surface area contributed by atoms with Crippen LogP contribution in [-0.4, -0.2) is 50.4 Å². The summed E-state index contributed by atoms with van der Waals surface area (Å²) < 4.78 is 42.2. The van der Waals surface area contributed by atoms with Gasteiger partial charge in [0.15, 0.2) is 11.6 Å². The predicted molar refractivity (Wildman–Crippen MR) is 92.6 cm³/mol. The van der Waals surface area contributed by atoms with Crippen LogP contribution in [0, 0.1) is 17.7 Å². The van der Waals surface area contributed by atoms with E-state index in [2.05, 4.69) is 0 Å². The molecule has 25 heavy (non-hydrogen) atoms. The second-order valence-corrected chi connectivity index (χ2v) is 9.26. The highest BCUT2D eigenvalue weighted by Gasteiger charge is 2.33.